The van der Waals surface area contributed by atoms with Crippen LogP contribution in [0.5, 0.6) is 11.5 Å². The Morgan fingerprint density at radius 1 is 1.04 bits per heavy atom. The van der Waals surface area contributed by atoms with Crippen LogP contribution in [0.3, 0.4) is 0 Å². The molecule has 0 spiro atoms. The molecular weight excluding hydrogens is 368 g/mol. The second-order valence-electron chi connectivity index (χ2n) is 6.08. The van der Waals surface area contributed by atoms with E-state index in [1.54, 1.807) is 12.1 Å². The van der Waals surface area contributed by atoms with Gasteiger partial charge in [-0.15, -0.1) is 0 Å². The number of aryl methyl sites for hydroxylation is 1. The predicted octanol–water partition coefficient (Wildman–Crippen LogP) is 1.98. The lowest BCUT2D eigenvalue weighted by Gasteiger charge is -2.19. The number of nitrogens with zero attached hydrogens (tertiary/aromatic N) is 1. The molecule has 0 aliphatic carbocycles. The first-order chi connectivity index (χ1) is 13.0. The maximum Gasteiger partial charge on any atom is 0.253 e. The lowest BCUT2D eigenvalue weighted by molar-refractivity contribution is 0.171. The van der Waals surface area contributed by atoms with Crippen LogP contribution in [-0.2, 0) is 10.0 Å². The molecule has 0 amide bonds. The van der Waals surface area contributed by atoms with Gasteiger partial charge >= 0.3 is 0 Å². The highest BCUT2D eigenvalue weighted by atomic mass is 32.2. The summed E-state index contributed by atoms with van der Waals surface area (Å²) < 4.78 is 34.8. The Kier molecular flexibility index (Phi) is 4.34. The number of sulfonamides is 1. The van der Waals surface area contributed by atoms with E-state index in [1.807, 2.05) is 30.0 Å². The van der Waals surface area contributed by atoms with Crippen molar-refractivity contribution in [3.05, 3.63) is 48.2 Å². The molecule has 1 aromatic heterocycles. The molecule has 0 unspecified atom stereocenters. The van der Waals surface area contributed by atoms with Crippen molar-refractivity contribution >= 4 is 10.0 Å². The SMILES string of the molecule is Cc1[nH]nc(-c2ccc(S(=O)(=O)NN)cc2)c1-c1ccc2c(c1)OCCO2. The van der Waals surface area contributed by atoms with Gasteiger partial charge in [0.1, 0.15) is 18.9 Å². The number of hydrogen-bond acceptors (Lipinski definition) is 6. The van der Waals surface area contributed by atoms with Gasteiger partial charge in [-0.1, -0.05) is 18.2 Å². The summed E-state index contributed by atoms with van der Waals surface area (Å²) in [6, 6.07) is 12.1. The Hall–Kier alpha value is -2.88. The molecule has 4 N–H and O–H groups in total. The van der Waals surface area contributed by atoms with Gasteiger partial charge in [-0.25, -0.2) is 8.42 Å². The standard InChI is InChI=1S/C18H18N4O4S/c1-11-17(13-4-7-15-16(10-13)26-9-8-25-15)18(21-20-11)12-2-5-14(6-3-12)27(23,24)22-19/h2-7,10,22H,8-9,19H2,1H3,(H,20,21). The minimum atomic E-state index is -3.70. The van der Waals surface area contributed by atoms with E-state index < -0.39 is 10.0 Å². The van der Waals surface area contributed by atoms with Crippen LogP contribution in [0.15, 0.2) is 47.4 Å². The Bertz CT molecular complexity index is 1090. The molecule has 1 aliphatic heterocycles. The number of fused-ring (bicyclic) bond motifs is 1. The van der Waals surface area contributed by atoms with Crippen LogP contribution < -0.4 is 20.1 Å². The molecule has 0 radical (unpaired) electrons. The Labute approximate surface area is 156 Å². The highest BCUT2D eigenvalue weighted by Crippen LogP contribution is 2.39. The normalized spacial score (nSPS) is 13.6. The zero-order chi connectivity index (χ0) is 19.0. The molecule has 0 fully saturated rings. The van der Waals surface area contributed by atoms with Crippen molar-refractivity contribution in [2.45, 2.75) is 11.8 Å². The predicted molar refractivity (Wildman–Crippen MR) is 99.7 cm³/mol. The fourth-order valence-corrected chi connectivity index (χ4v) is 3.68. The quantitative estimate of drug-likeness (QED) is 0.466. The molecule has 4 rings (SSSR count). The van der Waals surface area contributed by atoms with Gasteiger partial charge in [0, 0.05) is 16.8 Å². The summed E-state index contributed by atoms with van der Waals surface area (Å²) in [6.45, 7) is 2.98. The molecular formula is C18H18N4O4S. The van der Waals surface area contributed by atoms with Crippen molar-refractivity contribution in [2.24, 2.45) is 5.84 Å². The molecule has 140 valence electrons. The first-order valence-electron chi connectivity index (χ1n) is 8.27. The largest absolute Gasteiger partial charge is 0.486 e. The number of nitrogens with one attached hydrogen (secondary N) is 2. The van der Waals surface area contributed by atoms with Crippen molar-refractivity contribution in [1.82, 2.24) is 15.0 Å². The van der Waals surface area contributed by atoms with E-state index in [-0.39, 0.29) is 4.90 Å². The van der Waals surface area contributed by atoms with Crippen molar-refractivity contribution < 1.29 is 17.9 Å². The molecule has 3 aromatic rings. The Balaban J connectivity index is 1.77. The number of ether oxygens (including phenoxy) is 2. The highest BCUT2D eigenvalue weighted by molar-refractivity contribution is 7.89. The van der Waals surface area contributed by atoms with Crippen molar-refractivity contribution in [3.63, 3.8) is 0 Å². The van der Waals surface area contributed by atoms with E-state index in [1.165, 1.54) is 12.1 Å². The topological polar surface area (TPSA) is 119 Å². The lowest BCUT2D eigenvalue weighted by Crippen LogP contribution is -2.30. The smallest absolute Gasteiger partial charge is 0.253 e. The van der Waals surface area contributed by atoms with E-state index >= 15 is 0 Å². The minimum Gasteiger partial charge on any atom is -0.486 e. The third-order valence-corrected chi connectivity index (χ3v) is 5.57. The second-order valence-corrected chi connectivity index (χ2v) is 7.79. The van der Waals surface area contributed by atoms with Gasteiger partial charge in [0.25, 0.3) is 10.0 Å². The number of aromatic nitrogens is 2. The average Bonchev–Trinajstić information content (AvgIpc) is 3.09. The van der Waals surface area contributed by atoms with Crippen molar-refractivity contribution in [2.75, 3.05) is 13.2 Å². The van der Waals surface area contributed by atoms with Gasteiger partial charge in [0.2, 0.25) is 0 Å². The summed E-state index contributed by atoms with van der Waals surface area (Å²) in [7, 11) is -3.70. The van der Waals surface area contributed by atoms with E-state index in [0.717, 1.165) is 28.1 Å². The average molecular weight is 386 g/mol. The summed E-state index contributed by atoms with van der Waals surface area (Å²) >= 11 is 0. The molecule has 0 saturated heterocycles. The van der Waals surface area contributed by atoms with E-state index in [9.17, 15) is 8.42 Å². The molecule has 1 aliphatic rings. The van der Waals surface area contributed by atoms with Crippen LogP contribution in [0.2, 0.25) is 0 Å². The first-order valence-corrected chi connectivity index (χ1v) is 9.76. The molecule has 0 bridgehead atoms. The number of hydrazine groups is 1. The molecule has 9 heteroatoms. The summed E-state index contributed by atoms with van der Waals surface area (Å²) in [5.41, 5.74) is 4.23. The molecule has 0 atom stereocenters. The first kappa shape index (κ1) is 17.5. The molecule has 27 heavy (non-hydrogen) atoms. The second kappa shape index (κ2) is 6.69. The van der Waals surface area contributed by atoms with E-state index in [2.05, 4.69) is 10.2 Å². The van der Waals surface area contributed by atoms with Gasteiger partial charge in [-0.3, -0.25) is 10.9 Å². The Morgan fingerprint density at radius 3 is 2.41 bits per heavy atom. The third-order valence-electron chi connectivity index (χ3n) is 4.37. The van der Waals surface area contributed by atoms with Gasteiger partial charge < -0.3 is 9.47 Å². The minimum absolute atomic E-state index is 0.0851. The van der Waals surface area contributed by atoms with Crippen LogP contribution in [0.25, 0.3) is 22.4 Å². The van der Waals surface area contributed by atoms with Crippen molar-refractivity contribution in [1.29, 1.82) is 0 Å². The molecule has 2 heterocycles. The zero-order valence-corrected chi connectivity index (χ0v) is 15.3. The number of rotatable bonds is 4. The molecule has 2 aromatic carbocycles. The van der Waals surface area contributed by atoms with Crippen molar-refractivity contribution in [3.8, 4) is 33.9 Å². The van der Waals surface area contributed by atoms with Crippen LogP contribution >= 0.6 is 0 Å². The summed E-state index contributed by atoms with van der Waals surface area (Å²) in [5.74, 6) is 6.48. The number of aromatic amines is 1. The van der Waals surface area contributed by atoms with Gasteiger partial charge in [-0.2, -0.15) is 9.93 Å². The monoisotopic (exact) mass is 386 g/mol. The summed E-state index contributed by atoms with van der Waals surface area (Å²) in [4.78, 5) is 1.90. The summed E-state index contributed by atoms with van der Waals surface area (Å²) in [5, 5.41) is 7.40. The van der Waals surface area contributed by atoms with Crippen LogP contribution in [0.1, 0.15) is 5.69 Å². The van der Waals surface area contributed by atoms with Crippen LogP contribution in [-0.4, -0.2) is 31.8 Å². The number of hydrogen-bond donors (Lipinski definition) is 3. The number of H-pyrrole nitrogens is 1. The van der Waals surface area contributed by atoms with Gasteiger partial charge in [0.05, 0.1) is 4.90 Å². The van der Waals surface area contributed by atoms with Crippen LogP contribution in [0, 0.1) is 6.92 Å². The molecule has 0 saturated carbocycles. The maximum absolute atomic E-state index is 11.8. The third kappa shape index (κ3) is 3.16. The van der Waals surface area contributed by atoms with Gasteiger partial charge in [-0.05, 0) is 36.8 Å². The fourth-order valence-electron chi connectivity index (χ4n) is 3.05. The van der Waals surface area contributed by atoms with E-state index in [4.69, 9.17) is 15.3 Å². The number of benzene rings is 2. The lowest BCUT2D eigenvalue weighted by atomic mass is 9.99. The summed E-state index contributed by atoms with van der Waals surface area (Å²) in [6.07, 6.45) is 0. The van der Waals surface area contributed by atoms with Crippen LogP contribution in [0.4, 0.5) is 0 Å². The highest BCUT2D eigenvalue weighted by Gasteiger charge is 2.19. The van der Waals surface area contributed by atoms with E-state index in [0.29, 0.717) is 24.7 Å². The zero-order valence-electron chi connectivity index (χ0n) is 14.5. The fraction of sp³-hybridized carbons (Fsp3) is 0.167. The molecule has 8 nitrogen and oxygen atoms in total. The Morgan fingerprint density at radius 2 is 1.70 bits per heavy atom. The number of nitrogens with two attached hydrogens (primary N) is 1. The van der Waals surface area contributed by atoms with Gasteiger partial charge in [0.15, 0.2) is 11.5 Å². The maximum atomic E-state index is 11.8.